The molecule has 0 fully saturated rings. The van der Waals surface area contributed by atoms with Crippen LogP contribution >= 0.6 is 23.2 Å². The molecule has 0 unspecified atom stereocenters. The Morgan fingerprint density at radius 2 is 1.78 bits per heavy atom. The fraction of sp³-hybridized carbons (Fsp3) is 0.240. The van der Waals surface area contributed by atoms with Gasteiger partial charge in [0.15, 0.2) is 0 Å². The summed E-state index contributed by atoms with van der Waals surface area (Å²) >= 11 is 12.9. The Balaban J connectivity index is 1.72. The maximum absolute atomic E-state index is 13.3. The van der Waals surface area contributed by atoms with Crippen molar-refractivity contribution in [3.05, 3.63) is 94.0 Å². The molecule has 4 aromatic rings. The third kappa shape index (κ3) is 4.79. The third-order valence-corrected chi connectivity index (χ3v) is 6.12. The molecule has 2 aromatic carbocycles. The van der Waals surface area contributed by atoms with Gasteiger partial charge in [0.1, 0.15) is 11.9 Å². The molecule has 32 heavy (non-hydrogen) atoms. The van der Waals surface area contributed by atoms with Crippen molar-refractivity contribution in [1.29, 1.82) is 0 Å². The molecule has 7 heteroatoms. The maximum Gasteiger partial charge on any atom is 0.243 e. The molecular weight excluding hydrogens is 443 g/mol. The normalized spacial score (nSPS) is 12.1. The molecule has 0 aliphatic rings. The number of hydrogen-bond acceptors (Lipinski definition) is 3. The number of halogens is 2. The summed E-state index contributed by atoms with van der Waals surface area (Å²) in [5.74, 6) is 0.694. The van der Waals surface area contributed by atoms with E-state index in [1.165, 1.54) is 0 Å². The van der Waals surface area contributed by atoms with Crippen LogP contribution in [-0.4, -0.2) is 20.4 Å². The van der Waals surface area contributed by atoms with Crippen molar-refractivity contribution in [2.75, 3.05) is 0 Å². The molecule has 0 radical (unpaired) electrons. The summed E-state index contributed by atoms with van der Waals surface area (Å²) in [5.41, 5.74) is 3.37. The monoisotopic (exact) mass is 466 g/mol. The van der Waals surface area contributed by atoms with Crippen molar-refractivity contribution in [2.24, 2.45) is 0 Å². The summed E-state index contributed by atoms with van der Waals surface area (Å²) in [6, 6.07) is 18.6. The van der Waals surface area contributed by atoms with Gasteiger partial charge in [-0.3, -0.25) is 9.78 Å². The molecule has 164 valence electrons. The summed E-state index contributed by atoms with van der Waals surface area (Å²) in [5, 5.41) is 4.22. The maximum atomic E-state index is 13.3. The van der Waals surface area contributed by atoms with Crippen LogP contribution in [0.5, 0.6) is 0 Å². The second-order valence-electron chi connectivity index (χ2n) is 7.61. The molecular formula is C25H24Cl2N4O. The molecule has 4 rings (SSSR count). The number of nitrogens with one attached hydrogen (secondary N) is 1. The van der Waals surface area contributed by atoms with Crippen molar-refractivity contribution >= 4 is 40.1 Å². The van der Waals surface area contributed by atoms with E-state index in [1.807, 2.05) is 65.2 Å². The van der Waals surface area contributed by atoms with Crippen LogP contribution in [0.4, 0.5) is 0 Å². The van der Waals surface area contributed by atoms with E-state index in [-0.39, 0.29) is 5.91 Å². The molecule has 5 nitrogen and oxygen atoms in total. The number of rotatable bonds is 8. The Bertz CT molecular complexity index is 1200. The van der Waals surface area contributed by atoms with E-state index < -0.39 is 6.04 Å². The number of fused-ring (bicyclic) bond motifs is 1. The average Bonchev–Trinajstić information content (AvgIpc) is 3.17. The first-order valence-corrected chi connectivity index (χ1v) is 11.4. The zero-order valence-corrected chi connectivity index (χ0v) is 19.3. The van der Waals surface area contributed by atoms with Gasteiger partial charge in [-0.1, -0.05) is 60.8 Å². The highest BCUT2D eigenvalue weighted by molar-refractivity contribution is 6.36. The fourth-order valence-electron chi connectivity index (χ4n) is 3.88. The summed E-state index contributed by atoms with van der Waals surface area (Å²) in [6.07, 6.45) is 3.68. The first-order chi connectivity index (χ1) is 15.6. The Kier molecular flexibility index (Phi) is 7.08. The molecule has 2 aromatic heterocycles. The molecule has 0 bridgehead atoms. The number of imidazole rings is 1. The lowest BCUT2D eigenvalue weighted by Gasteiger charge is -2.21. The van der Waals surface area contributed by atoms with Gasteiger partial charge in [-0.05, 0) is 48.4 Å². The summed E-state index contributed by atoms with van der Waals surface area (Å²) in [4.78, 5) is 22.5. The minimum atomic E-state index is -0.410. The molecule has 0 aliphatic carbocycles. The van der Waals surface area contributed by atoms with Gasteiger partial charge in [0.25, 0.3) is 0 Å². The number of benzene rings is 2. The minimum absolute atomic E-state index is 0.0628. The zero-order chi connectivity index (χ0) is 22.5. The van der Waals surface area contributed by atoms with E-state index >= 15 is 0 Å². The number of aromatic nitrogens is 3. The number of carbonyl (C=O) groups excluding carboxylic acids is 1. The van der Waals surface area contributed by atoms with Gasteiger partial charge in [0, 0.05) is 22.7 Å². The first kappa shape index (κ1) is 22.3. The molecule has 0 saturated carbocycles. The quantitative estimate of drug-likeness (QED) is 0.347. The smallest absolute Gasteiger partial charge is 0.243 e. The highest BCUT2D eigenvalue weighted by Crippen LogP contribution is 2.30. The van der Waals surface area contributed by atoms with Gasteiger partial charge >= 0.3 is 0 Å². The highest BCUT2D eigenvalue weighted by atomic mass is 35.5. The van der Waals surface area contributed by atoms with Crippen LogP contribution in [0, 0.1) is 0 Å². The minimum Gasteiger partial charge on any atom is -0.349 e. The van der Waals surface area contributed by atoms with E-state index in [0.29, 0.717) is 29.4 Å². The number of carbonyl (C=O) groups is 1. The summed E-state index contributed by atoms with van der Waals surface area (Å²) < 4.78 is 2.03. The van der Waals surface area contributed by atoms with Crippen LogP contribution in [0.25, 0.3) is 11.0 Å². The van der Waals surface area contributed by atoms with Crippen molar-refractivity contribution in [2.45, 2.75) is 38.8 Å². The molecule has 0 aliphatic heterocycles. The largest absolute Gasteiger partial charge is 0.349 e. The summed E-state index contributed by atoms with van der Waals surface area (Å²) in [7, 11) is 0. The van der Waals surface area contributed by atoms with Gasteiger partial charge in [0.05, 0.1) is 23.3 Å². The Morgan fingerprint density at radius 3 is 2.50 bits per heavy atom. The summed E-state index contributed by atoms with van der Waals surface area (Å²) in [6.45, 7) is 2.45. The van der Waals surface area contributed by atoms with Crippen LogP contribution in [0.1, 0.15) is 42.9 Å². The van der Waals surface area contributed by atoms with Crippen molar-refractivity contribution in [3.63, 3.8) is 0 Å². The van der Waals surface area contributed by atoms with Crippen LogP contribution in [-0.2, 0) is 17.8 Å². The molecule has 1 amide bonds. The predicted molar refractivity (Wildman–Crippen MR) is 129 cm³/mol. The van der Waals surface area contributed by atoms with Crippen LogP contribution in [0.3, 0.4) is 0 Å². The van der Waals surface area contributed by atoms with Crippen LogP contribution in [0.15, 0.2) is 66.9 Å². The third-order valence-electron chi connectivity index (χ3n) is 5.41. The lowest BCUT2D eigenvalue weighted by atomic mass is 10.1. The molecule has 2 heterocycles. The second kappa shape index (κ2) is 10.2. The number of nitrogens with zero attached hydrogens (tertiary/aromatic N) is 3. The Morgan fingerprint density at radius 1 is 1.03 bits per heavy atom. The van der Waals surface area contributed by atoms with E-state index in [0.717, 1.165) is 34.5 Å². The van der Waals surface area contributed by atoms with E-state index in [2.05, 4.69) is 17.2 Å². The SMILES string of the molecule is CCC[C@@H](C(=O)NCc1ccccn1)n1c(Cc2c(Cl)cccc2Cl)nc2ccccc21. The van der Waals surface area contributed by atoms with Gasteiger partial charge < -0.3 is 9.88 Å². The standard InChI is InChI=1S/C25H24Cl2N4O/c1-2-8-23(25(32)29-16-17-9-5-6-14-28-17)31-22-13-4-3-12-21(22)30-24(31)15-18-19(26)10-7-11-20(18)27/h3-7,9-14,23H,2,8,15-16H2,1H3,(H,29,32)/t23-/m0/s1. The van der Waals surface area contributed by atoms with Gasteiger partial charge in [-0.15, -0.1) is 0 Å². The van der Waals surface area contributed by atoms with E-state index in [9.17, 15) is 4.79 Å². The van der Waals surface area contributed by atoms with E-state index in [4.69, 9.17) is 28.2 Å². The van der Waals surface area contributed by atoms with Crippen LogP contribution < -0.4 is 5.32 Å². The lowest BCUT2D eigenvalue weighted by Crippen LogP contribution is -2.33. The molecule has 0 saturated heterocycles. The molecule has 1 N–H and O–H groups in total. The fourth-order valence-corrected chi connectivity index (χ4v) is 4.41. The molecule has 0 spiro atoms. The Hall–Kier alpha value is -2.89. The van der Waals surface area contributed by atoms with E-state index in [1.54, 1.807) is 6.20 Å². The van der Waals surface area contributed by atoms with Gasteiger partial charge in [-0.2, -0.15) is 0 Å². The van der Waals surface area contributed by atoms with Crippen molar-refractivity contribution in [3.8, 4) is 0 Å². The second-order valence-corrected chi connectivity index (χ2v) is 8.42. The Labute approximate surface area is 197 Å². The van der Waals surface area contributed by atoms with Gasteiger partial charge in [0.2, 0.25) is 5.91 Å². The van der Waals surface area contributed by atoms with Gasteiger partial charge in [-0.25, -0.2) is 4.98 Å². The number of amides is 1. The first-order valence-electron chi connectivity index (χ1n) is 10.6. The number of pyridine rings is 1. The lowest BCUT2D eigenvalue weighted by molar-refractivity contribution is -0.124. The number of para-hydroxylation sites is 2. The number of hydrogen-bond donors (Lipinski definition) is 1. The topological polar surface area (TPSA) is 59.8 Å². The predicted octanol–water partition coefficient (Wildman–Crippen LogP) is 5.99. The van der Waals surface area contributed by atoms with Crippen molar-refractivity contribution in [1.82, 2.24) is 19.9 Å². The van der Waals surface area contributed by atoms with Crippen molar-refractivity contribution < 1.29 is 4.79 Å². The average molecular weight is 467 g/mol. The highest BCUT2D eigenvalue weighted by Gasteiger charge is 2.25. The zero-order valence-electron chi connectivity index (χ0n) is 17.8. The molecule has 1 atom stereocenters. The van der Waals surface area contributed by atoms with Crippen LogP contribution in [0.2, 0.25) is 10.0 Å².